The van der Waals surface area contributed by atoms with Crippen LogP contribution in [-0.2, 0) is 4.74 Å². The molecule has 0 saturated carbocycles. The summed E-state index contributed by atoms with van der Waals surface area (Å²) in [5.41, 5.74) is 0.164. The zero-order chi connectivity index (χ0) is 12.6. The molecule has 0 bridgehead atoms. The van der Waals surface area contributed by atoms with Crippen LogP contribution in [0, 0.1) is 0 Å². The van der Waals surface area contributed by atoms with Crippen LogP contribution in [0.2, 0.25) is 5.15 Å². The summed E-state index contributed by atoms with van der Waals surface area (Å²) in [5, 5.41) is 1.26. The molecule has 0 aliphatic heterocycles. The average molecular weight is 253 g/mol. The normalized spacial score (nSPS) is 11.8. The Morgan fingerprint density at radius 2 is 2.18 bits per heavy atom. The first-order valence-electron chi connectivity index (χ1n) is 5.23. The fourth-order valence-corrected chi connectivity index (χ4v) is 1.64. The van der Waals surface area contributed by atoms with Crippen molar-refractivity contribution in [3.05, 3.63) is 29.7 Å². The number of ether oxygens (including phenoxy) is 1. The van der Waals surface area contributed by atoms with Crippen LogP contribution in [0.3, 0.4) is 0 Å². The van der Waals surface area contributed by atoms with E-state index in [1.807, 2.05) is 20.8 Å². The molecule has 90 valence electrons. The predicted molar refractivity (Wildman–Crippen MR) is 66.4 cm³/mol. The molecule has 0 N–H and O–H groups in total. The second kappa shape index (κ2) is 4.04. The Labute approximate surface area is 104 Å². The number of halogens is 1. The van der Waals surface area contributed by atoms with Gasteiger partial charge in [-0.15, -0.1) is 0 Å². The van der Waals surface area contributed by atoms with Gasteiger partial charge in [-0.2, -0.15) is 0 Å². The highest BCUT2D eigenvalue weighted by atomic mass is 35.5. The molecule has 0 unspecified atom stereocenters. The van der Waals surface area contributed by atoms with E-state index in [-0.39, 0.29) is 0 Å². The predicted octanol–water partition coefficient (Wildman–Crippen LogP) is 3.47. The van der Waals surface area contributed by atoms with Gasteiger partial charge in [0.15, 0.2) is 0 Å². The topological polar surface area (TPSA) is 44.1 Å². The van der Waals surface area contributed by atoms with Crippen LogP contribution in [0.5, 0.6) is 0 Å². The standard InChI is InChI=1S/C12H13ClN2O2/c1-12(2,3)17-11(16)15-5-4-8-6-10(13)14-7-9(8)15/h4-7H,1-3H3. The Balaban J connectivity index is 2.40. The molecule has 2 heterocycles. The maximum atomic E-state index is 11.9. The highest BCUT2D eigenvalue weighted by Gasteiger charge is 2.18. The Morgan fingerprint density at radius 1 is 1.47 bits per heavy atom. The van der Waals surface area contributed by atoms with Crippen molar-refractivity contribution in [2.24, 2.45) is 0 Å². The van der Waals surface area contributed by atoms with Crippen molar-refractivity contribution in [3.63, 3.8) is 0 Å². The molecule has 2 rings (SSSR count). The molecule has 5 heteroatoms. The average Bonchev–Trinajstić information content (AvgIpc) is 2.57. The number of rotatable bonds is 0. The van der Waals surface area contributed by atoms with Crippen LogP contribution in [0.15, 0.2) is 24.5 Å². The van der Waals surface area contributed by atoms with Crippen molar-refractivity contribution >= 4 is 28.6 Å². The summed E-state index contributed by atoms with van der Waals surface area (Å²) in [6.45, 7) is 5.48. The number of nitrogens with zero attached hydrogens (tertiary/aromatic N) is 2. The lowest BCUT2D eigenvalue weighted by molar-refractivity contribution is 0.0544. The molecule has 0 saturated heterocycles. The van der Waals surface area contributed by atoms with Gasteiger partial charge in [-0.05, 0) is 32.9 Å². The molecule has 2 aromatic heterocycles. The second-order valence-electron chi connectivity index (χ2n) is 4.73. The van der Waals surface area contributed by atoms with E-state index >= 15 is 0 Å². The molecule has 0 radical (unpaired) electrons. The molecule has 17 heavy (non-hydrogen) atoms. The highest BCUT2D eigenvalue weighted by molar-refractivity contribution is 6.30. The van der Waals surface area contributed by atoms with Crippen LogP contribution >= 0.6 is 11.6 Å². The summed E-state index contributed by atoms with van der Waals surface area (Å²) in [7, 11) is 0. The third kappa shape index (κ3) is 2.58. The summed E-state index contributed by atoms with van der Waals surface area (Å²) < 4.78 is 6.70. The Kier molecular flexibility index (Phi) is 2.83. The molecular formula is C12H13ClN2O2. The molecule has 0 aliphatic rings. The van der Waals surface area contributed by atoms with Crippen molar-refractivity contribution in [2.45, 2.75) is 26.4 Å². The van der Waals surface area contributed by atoms with Gasteiger partial charge >= 0.3 is 6.09 Å². The van der Waals surface area contributed by atoms with E-state index in [9.17, 15) is 4.79 Å². The van der Waals surface area contributed by atoms with Gasteiger partial charge in [0.2, 0.25) is 0 Å². The van der Waals surface area contributed by atoms with E-state index in [0.29, 0.717) is 10.7 Å². The number of aromatic nitrogens is 2. The number of pyridine rings is 1. The molecule has 4 nitrogen and oxygen atoms in total. The fraction of sp³-hybridized carbons (Fsp3) is 0.333. The zero-order valence-corrected chi connectivity index (χ0v) is 10.7. The first-order chi connectivity index (χ1) is 7.87. The summed E-state index contributed by atoms with van der Waals surface area (Å²) in [6, 6.07) is 3.50. The smallest absolute Gasteiger partial charge is 0.419 e. The molecule has 0 atom stereocenters. The molecule has 2 aromatic rings. The van der Waals surface area contributed by atoms with Crippen LogP contribution in [-0.4, -0.2) is 21.2 Å². The second-order valence-corrected chi connectivity index (χ2v) is 5.12. The van der Waals surface area contributed by atoms with Crippen molar-refractivity contribution in [3.8, 4) is 0 Å². The summed E-state index contributed by atoms with van der Waals surface area (Å²) >= 11 is 5.78. The van der Waals surface area contributed by atoms with Gasteiger partial charge in [0.05, 0.1) is 11.7 Å². The van der Waals surface area contributed by atoms with E-state index in [1.54, 1.807) is 24.5 Å². The van der Waals surface area contributed by atoms with Crippen LogP contribution in [0.4, 0.5) is 4.79 Å². The Hall–Kier alpha value is -1.55. The van der Waals surface area contributed by atoms with Gasteiger partial charge in [-0.25, -0.2) is 9.78 Å². The minimum absolute atomic E-state index is 0.402. The van der Waals surface area contributed by atoms with Gasteiger partial charge in [0.25, 0.3) is 0 Å². The number of carbonyl (C=O) groups excluding carboxylic acids is 1. The molecular weight excluding hydrogens is 240 g/mol. The first kappa shape index (κ1) is 11.9. The van der Waals surface area contributed by atoms with Crippen molar-refractivity contribution in [2.75, 3.05) is 0 Å². The SMILES string of the molecule is CC(C)(C)OC(=O)n1ccc2cc(Cl)ncc21. The van der Waals surface area contributed by atoms with Crippen LogP contribution < -0.4 is 0 Å². The van der Waals surface area contributed by atoms with Gasteiger partial charge in [-0.1, -0.05) is 11.6 Å². The quantitative estimate of drug-likeness (QED) is 0.675. The van der Waals surface area contributed by atoms with E-state index in [4.69, 9.17) is 16.3 Å². The lowest BCUT2D eigenvalue weighted by Crippen LogP contribution is -2.26. The maximum Gasteiger partial charge on any atom is 0.419 e. The number of carbonyl (C=O) groups is 1. The largest absolute Gasteiger partial charge is 0.443 e. The lowest BCUT2D eigenvalue weighted by atomic mass is 10.2. The number of hydrogen-bond acceptors (Lipinski definition) is 3. The van der Waals surface area contributed by atoms with Crippen molar-refractivity contribution < 1.29 is 9.53 Å². The number of fused-ring (bicyclic) bond motifs is 1. The Morgan fingerprint density at radius 3 is 2.82 bits per heavy atom. The van der Waals surface area contributed by atoms with Crippen LogP contribution in [0.25, 0.3) is 10.9 Å². The molecule has 0 spiro atoms. The van der Waals surface area contributed by atoms with Crippen molar-refractivity contribution in [1.82, 2.24) is 9.55 Å². The molecule has 0 aromatic carbocycles. The van der Waals surface area contributed by atoms with Crippen LogP contribution in [0.1, 0.15) is 20.8 Å². The minimum atomic E-state index is -0.520. The molecule has 0 aliphatic carbocycles. The minimum Gasteiger partial charge on any atom is -0.443 e. The van der Waals surface area contributed by atoms with E-state index in [1.165, 1.54) is 4.57 Å². The van der Waals surface area contributed by atoms with Gasteiger partial charge in [-0.3, -0.25) is 4.57 Å². The zero-order valence-electron chi connectivity index (χ0n) is 9.90. The van der Waals surface area contributed by atoms with E-state index in [0.717, 1.165) is 5.39 Å². The maximum absolute atomic E-state index is 11.9. The Bertz CT molecular complexity index is 569. The third-order valence-corrected chi connectivity index (χ3v) is 2.34. The lowest BCUT2D eigenvalue weighted by Gasteiger charge is -2.19. The monoisotopic (exact) mass is 252 g/mol. The molecule has 0 fully saturated rings. The number of hydrogen-bond donors (Lipinski definition) is 0. The summed E-state index contributed by atoms with van der Waals surface area (Å²) in [5.74, 6) is 0. The van der Waals surface area contributed by atoms with E-state index < -0.39 is 11.7 Å². The highest BCUT2D eigenvalue weighted by Crippen LogP contribution is 2.19. The van der Waals surface area contributed by atoms with Gasteiger partial charge in [0.1, 0.15) is 10.8 Å². The fourth-order valence-electron chi connectivity index (χ4n) is 1.48. The van der Waals surface area contributed by atoms with Crippen molar-refractivity contribution in [1.29, 1.82) is 0 Å². The van der Waals surface area contributed by atoms with E-state index in [2.05, 4.69) is 4.98 Å². The summed E-state index contributed by atoms with van der Waals surface area (Å²) in [6.07, 6.45) is 2.79. The summed E-state index contributed by atoms with van der Waals surface area (Å²) in [4.78, 5) is 15.9. The van der Waals surface area contributed by atoms with Gasteiger partial charge < -0.3 is 4.74 Å². The molecule has 0 amide bonds. The van der Waals surface area contributed by atoms with Gasteiger partial charge in [0, 0.05) is 11.6 Å². The first-order valence-corrected chi connectivity index (χ1v) is 5.60. The third-order valence-electron chi connectivity index (χ3n) is 2.13.